The van der Waals surface area contributed by atoms with Crippen LogP contribution in [0.5, 0.6) is 0 Å². The predicted molar refractivity (Wildman–Crippen MR) is 93.2 cm³/mol. The van der Waals surface area contributed by atoms with Crippen LogP contribution in [0, 0.1) is 6.92 Å². The van der Waals surface area contributed by atoms with Gasteiger partial charge in [0.25, 0.3) is 0 Å². The molecular weight excluding hydrogens is 300 g/mol. The van der Waals surface area contributed by atoms with Gasteiger partial charge < -0.3 is 10.6 Å². The summed E-state index contributed by atoms with van der Waals surface area (Å²) >= 11 is 11.6. The Morgan fingerprint density at radius 3 is 2.43 bits per heavy atom. The van der Waals surface area contributed by atoms with E-state index in [0.717, 1.165) is 24.1 Å². The Hall–Kier alpha value is -1.58. The van der Waals surface area contributed by atoms with Gasteiger partial charge in [-0.05, 0) is 60.8 Å². The van der Waals surface area contributed by atoms with Crippen LogP contribution in [0.4, 0.5) is 5.69 Å². The predicted octanol–water partition coefficient (Wildman–Crippen LogP) is 4.10. The number of aryl methyl sites for hydroxylation is 1. The third kappa shape index (κ3) is 3.36. The lowest BCUT2D eigenvalue weighted by molar-refractivity contribution is 0.648. The number of fused-ring (bicyclic) bond motifs is 1. The fraction of sp³-hybridized carbons (Fsp3) is 0.235. The van der Waals surface area contributed by atoms with Gasteiger partial charge in [0.1, 0.15) is 0 Å². The number of hydrogen-bond acceptors (Lipinski definition) is 1. The van der Waals surface area contributed by atoms with Crippen LogP contribution in [0.1, 0.15) is 16.7 Å². The van der Waals surface area contributed by atoms with Crippen molar-refractivity contribution in [3.63, 3.8) is 0 Å². The Morgan fingerprint density at radius 1 is 1.14 bits per heavy atom. The molecule has 2 nitrogen and oxygen atoms in total. The van der Waals surface area contributed by atoms with Gasteiger partial charge in [0, 0.05) is 6.04 Å². The van der Waals surface area contributed by atoms with Crippen LogP contribution in [0.2, 0.25) is 5.02 Å². The molecule has 0 amide bonds. The molecular formula is C17H17ClN2S. The first-order valence-electron chi connectivity index (χ1n) is 7.02. The van der Waals surface area contributed by atoms with Crippen LogP contribution in [0.3, 0.4) is 0 Å². The van der Waals surface area contributed by atoms with E-state index in [0.29, 0.717) is 16.2 Å². The van der Waals surface area contributed by atoms with Crippen molar-refractivity contribution >= 4 is 34.6 Å². The third-order valence-electron chi connectivity index (χ3n) is 3.76. The summed E-state index contributed by atoms with van der Waals surface area (Å²) in [6.07, 6.45) is 2.03. The Kier molecular flexibility index (Phi) is 4.13. The van der Waals surface area contributed by atoms with Gasteiger partial charge in [-0.1, -0.05) is 41.9 Å². The Balaban J connectivity index is 1.61. The third-order valence-corrected chi connectivity index (χ3v) is 4.29. The fourth-order valence-electron chi connectivity index (χ4n) is 2.73. The highest BCUT2D eigenvalue weighted by Crippen LogP contribution is 2.24. The molecule has 0 unspecified atom stereocenters. The first kappa shape index (κ1) is 14.4. The standard InChI is InChI=1S/C17H17ClN2S/c1-11-6-7-16(15(18)8-11)20-17(21)19-14-9-12-4-2-3-5-13(12)10-14/h2-8,14H,9-10H2,1H3,(H2,19,20,21). The summed E-state index contributed by atoms with van der Waals surface area (Å²) in [6, 6.07) is 14.8. The molecule has 2 aromatic carbocycles. The molecule has 3 rings (SSSR count). The highest BCUT2D eigenvalue weighted by atomic mass is 35.5. The molecule has 0 bridgehead atoms. The lowest BCUT2D eigenvalue weighted by Crippen LogP contribution is -2.38. The minimum Gasteiger partial charge on any atom is -0.359 e. The maximum atomic E-state index is 6.21. The zero-order chi connectivity index (χ0) is 14.8. The molecule has 21 heavy (non-hydrogen) atoms. The van der Waals surface area contributed by atoms with E-state index in [1.165, 1.54) is 11.1 Å². The van der Waals surface area contributed by atoms with E-state index < -0.39 is 0 Å². The van der Waals surface area contributed by atoms with E-state index in [1.807, 2.05) is 25.1 Å². The molecule has 0 heterocycles. The monoisotopic (exact) mass is 316 g/mol. The summed E-state index contributed by atoms with van der Waals surface area (Å²) in [5.74, 6) is 0. The molecule has 1 aliphatic rings. The number of hydrogen-bond donors (Lipinski definition) is 2. The highest BCUT2D eigenvalue weighted by molar-refractivity contribution is 7.80. The van der Waals surface area contributed by atoms with Gasteiger partial charge in [0.05, 0.1) is 10.7 Å². The maximum absolute atomic E-state index is 6.21. The zero-order valence-electron chi connectivity index (χ0n) is 11.8. The van der Waals surface area contributed by atoms with Crippen molar-refractivity contribution < 1.29 is 0 Å². The Bertz CT molecular complexity index is 659. The number of thiocarbonyl (C=S) groups is 1. The molecule has 0 saturated heterocycles. The van der Waals surface area contributed by atoms with E-state index in [-0.39, 0.29) is 0 Å². The van der Waals surface area contributed by atoms with Crippen molar-refractivity contribution in [2.24, 2.45) is 0 Å². The number of halogens is 1. The molecule has 2 aromatic rings. The van der Waals surface area contributed by atoms with Gasteiger partial charge in [-0.25, -0.2) is 0 Å². The second-order valence-electron chi connectivity index (χ2n) is 5.46. The average molecular weight is 317 g/mol. The summed E-state index contributed by atoms with van der Waals surface area (Å²) in [5.41, 5.74) is 4.79. The van der Waals surface area contributed by atoms with E-state index in [1.54, 1.807) is 0 Å². The summed E-state index contributed by atoms with van der Waals surface area (Å²) in [4.78, 5) is 0. The number of nitrogens with one attached hydrogen (secondary N) is 2. The Labute approximate surface area is 135 Å². The van der Waals surface area contributed by atoms with E-state index in [2.05, 4.69) is 34.9 Å². The van der Waals surface area contributed by atoms with Gasteiger partial charge >= 0.3 is 0 Å². The van der Waals surface area contributed by atoms with Crippen LogP contribution >= 0.6 is 23.8 Å². The van der Waals surface area contributed by atoms with Gasteiger partial charge in [-0.2, -0.15) is 0 Å². The average Bonchev–Trinajstić information content (AvgIpc) is 2.84. The van der Waals surface area contributed by atoms with Gasteiger partial charge in [-0.15, -0.1) is 0 Å². The van der Waals surface area contributed by atoms with Crippen LogP contribution in [-0.2, 0) is 12.8 Å². The molecule has 1 aliphatic carbocycles. The molecule has 0 saturated carbocycles. The molecule has 0 atom stereocenters. The van der Waals surface area contributed by atoms with Crippen molar-refractivity contribution in [1.29, 1.82) is 0 Å². The highest BCUT2D eigenvalue weighted by Gasteiger charge is 2.21. The smallest absolute Gasteiger partial charge is 0.171 e. The van der Waals surface area contributed by atoms with Crippen LogP contribution in [-0.4, -0.2) is 11.2 Å². The first-order chi connectivity index (χ1) is 10.1. The molecule has 4 heteroatoms. The minimum atomic E-state index is 0.353. The fourth-order valence-corrected chi connectivity index (χ4v) is 3.29. The second-order valence-corrected chi connectivity index (χ2v) is 6.27. The molecule has 2 N–H and O–H groups in total. The van der Waals surface area contributed by atoms with Crippen LogP contribution in [0.25, 0.3) is 0 Å². The SMILES string of the molecule is Cc1ccc(NC(=S)NC2Cc3ccccc3C2)c(Cl)c1. The topological polar surface area (TPSA) is 24.1 Å². The van der Waals surface area contributed by atoms with Crippen LogP contribution in [0.15, 0.2) is 42.5 Å². The Morgan fingerprint density at radius 2 is 1.81 bits per heavy atom. The van der Waals surface area contributed by atoms with Gasteiger partial charge in [0.15, 0.2) is 5.11 Å². The quantitative estimate of drug-likeness (QED) is 0.816. The van der Waals surface area contributed by atoms with Crippen molar-refractivity contribution in [1.82, 2.24) is 5.32 Å². The molecule has 108 valence electrons. The van der Waals surface area contributed by atoms with E-state index >= 15 is 0 Å². The van der Waals surface area contributed by atoms with Crippen molar-refractivity contribution in [3.8, 4) is 0 Å². The van der Waals surface area contributed by atoms with Gasteiger partial charge in [0.2, 0.25) is 0 Å². The summed E-state index contributed by atoms with van der Waals surface area (Å²) in [5, 5.41) is 7.87. The van der Waals surface area contributed by atoms with Crippen molar-refractivity contribution in [2.75, 3.05) is 5.32 Å². The number of rotatable bonds is 2. The molecule has 0 aliphatic heterocycles. The first-order valence-corrected chi connectivity index (χ1v) is 7.81. The summed E-state index contributed by atoms with van der Waals surface area (Å²) in [7, 11) is 0. The lowest BCUT2D eigenvalue weighted by atomic mass is 10.1. The van der Waals surface area contributed by atoms with Crippen molar-refractivity contribution in [2.45, 2.75) is 25.8 Å². The largest absolute Gasteiger partial charge is 0.359 e. The maximum Gasteiger partial charge on any atom is 0.171 e. The second kappa shape index (κ2) is 6.04. The molecule has 0 radical (unpaired) electrons. The zero-order valence-corrected chi connectivity index (χ0v) is 13.4. The number of benzene rings is 2. The number of anilines is 1. The normalized spacial score (nSPS) is 13.8. The molecule has 0 spiro atoms. The van der Waals surface area contributed by atoms with Gasteiger partial charge in [-0.3, -0.25) is 0 Å². The van der Waals surface area contributed by atoms with Crippen molar-refractivity contribution in [3.05, 3.63) is 64.2 Å². The minimum absolute atomic E-state index is 0.353. The summed E-state index contributed by atoms with van der Waals surface area (Å²) < 4.78 is 0. The van der Waals surface area contributed by atoms with Crippen LogP contribution < -0.4 is 10.6 Å². The lowest BCUT2D eigenvalue weighted by Gasteiger charge is -2.16. The van der Waals surface area contributed by atoms with E-state index in [9.17, 15) is 0 Å². The van der Waals surface area contributed by atoms with E-state index in [4.69, 9.17) is 23.8 Å². The summed E-state index contributed by atoms with van der Waals surface area (Å²) in [6.45, 7) is 2.02. The molecule has 0 fully saturated rings. The molecule has 0 aromatic heterocycles.